The second-order valence-electron chi connectivity index (χ2n) is 3.90. The summed E-state index contributed by atoms with van der Waals surface area (Å²) >= 11 is 0. The lowest BCUT2D eigenvalue weighted by Crippen LogP contribution is -2.05. The van der Waals surface area contributed by atoms with Crippen LogP contribution in [0.1, 0.15) is 23.0 Å². The van der Waals surface area contributed by atoms with E-state index >= 15 is 0 Å². The number of furan rings is 1. The highest BCUT2D eigenvalue weighted by atomic mass is 19.1. The van der Waals surface area contributed by atoms with Gasteiger partial charge in [-0.05, 0) is 13.0 Å². The van der Waals surface area contributed by atoms with Gasteiger partial charge < -0.3 is 14.3 Å². The Balaban J connectivity index is 2.44. The molecule has 0 radical (unpaired) electrons. The van der Waals surface area contributed by atoms with Gasteiger partial charge in [0.15, 0.2) is 0 Å². The Labute approximate surface area is 103 Å². The third kappa shape index (κ3) is 2.22. The number of hydrogen-bond donors (Lipinski definition) is 1. The van der Waals surface area contributed by atoms with Crippen molar-refractivity contribution in [2.24, 2.45) is 0 Å². The van der Waals surface area contributed by atoms with Crippen LogP contribution in [0.2, 0.25) is 0 Å². The van der Waals surface area contributed by atoms with E-state index in [2.05, 4.69) is 0 Å². The molecule has 2 aromatic rings. The number of methoxy groups -OCH3 is 1. The highest BCUT2D eigenvalue weighted by molar-refractivity contribution is 5.36. The third-order valence-corrected chi connectivity index (χ3v) is 2.63. The van der Waals surface area contributed by atoms with Gasteiger partial charge in [0, 0.05) is 17.7 Å². The Hall–Kier alpha value is -1.88. The maximum absolute atomic E-state index is 13.7. The maximum Gasteiger partial charge on any atom is 0.135 e. The first kappa shape index (κ1) is 12.6. The van der Waals surface area contributed by atoms with Gasteiger partial charge in [-0.3, -0.25) is 0 Å². The molecular formula is C13H12F2O3. The van der Waals surface area contributed by atoms with E-state index < -0.39 is 23.3 Å². The van der Waals surface area contributed by atoms with Gasteiger partial charge in [-0.2, -0.15) is 0 Å². The first-order valence-electron chi connectivity index (χ1n) is 5.29. The lowest BCUT2D eigenvalue weighted by atomic mass is 10.0. The summed E-state index contributed by atoms with van der Waals surface area (Å²) in [5.41, 5.74) is -0.118. The molecule has 1 atom stereocenters. The Kier molecular flexibility index (Phi) is 3.34. The monoisotopic (exact) mass is 254 g/mol. The van der Waals surface area contributed by atoms with E-state index in [1.165, 1.54) is 19.4 Å². The smallest absolute Gasteiger partial charge is 0.135 e. The van der Waals surface area contributed by atoms with E-state index in [9.17, 15) is 13.9 Å². The van der Waals surface area contributed by atoms with Gasteiger partial charge in [0.25, 0.3) is 0 Å². The molecule has 0 aliphatic carbocycles. The fraction of sp³-hybridized carbons (Fsp3) is 0.231. The van der Waals surface area contributed by atoms with Crippen molar-refractivity contribution in [1.29, 1.82) is 0 Å². The van der Waals surface area contributed by atoms with Crippen molar-refractivity contribution in [2.45, 2.75) is 13.0 Å². The molecule has 18 heavy (non-hydrogen) atoms. The van der Waals surface area contributed by atoms with Gasteiger partial charge in [-0.15, -0.1) is 0 Å². The number of hydrogen-bond acceptors (Lipinski definition) is 3. The van der Waals surface area contributed by atoms with Gasteiger partial charge in [0.05, 0.1) is 18.9 Å². The summed E-state index contributed by atoms with van der Waals surface area (Å²) in [6, 6.07) is 3.57. The summed E-state index contributed by atoms with van der Waals surface area (Å²) in [6.45, 7) is 1.68. The van der Waals surface area contributed by atoms with Crippen LogP contribution in [-0.2, 0) is 0 Å². The highest BCUT2D eigenvalue weighted by Crippen LogP contribution is 2.30. The largest absolute Gasteiger partial charge is 0.497 e. The van der Waals surface area contributed by atoms with Crippen LogP contribution in [0.25, 0.3) is 0 Å². The number of halogens is 2. The minimum Gasteiger partial charge on any atom is -0.497 e. The van der Waals surface area contributed by atoms with Crippen molar-refractivity contribution >= 4 is 0 Å². The quantitative estimate of drug-likeness (QED) is 0.915. The van der Waals surface area contributed by atoms with Gasteiger partial charge in [-0.1, -0.05) is 0 Å². The topological polar surface area (TPSA) is 42.6 Å². The Morgan fingerprint density at radius 1 is 1.22 bits per heavy atom. The zero-order valence-electron chi connectivity index (χ0n) is 9.91. The van der Waals surface area contributed by atoms with Crippen LogP contribution in [0.15, 0.2) is 28.9 Å². The van der Waals surface area contributed by atoms with Crippen LogP contribution in [0.3, 0.4) is 0 Å². The molecule has 0 aliphatic rings. The van der Waals surface area contributed by atoms with Crippen LogP contribution >= 0.6 is 0 Å². The lowest BCUT2D eigenvalue weighted by Gasteiger charge is -2.12. The third-order valence-electron chi connectivity index (χ3n) is 2.63. The summed E-state index contributed by atoms with van der Waals surface area (Å²) in [6.07, 6.45) is -0.142. The summed E-state index contributed by atoms with van der Waals surface area (Å²) in [5, 5.41) is 9.95. The number of aliphatic hydroxyl groups is 1. The molecule has 2 rings (SSSR count). The van der Waals surface area contributed by atoms with Crippen LogP contribution < -0.4 is 4.74 Å². The number of ether oxygens (including phenoxy) is 1. The maximum atomic E-state index is 13.7. The second kappa shape index (κ2) is 4.78. The molecule has 1 aromatic carbocycles. The Morgan fingerprint density at radius 3 is 2.28 bits per heavy atom. The van der Waals surface area contributed by atoms with Crippen molar-refractivity contribution in [1.82, 2.24) is 0 Å². The van der Waals surface area contributed by atoms with Crippen LogP contribution in [-0.4, -0.2) is 12.2 Å². The summed E-state index contributed by atoms with van der Waals surface area (Å²) in [7, 11) is 1.31. The second-order valence-corrected chi connectivity index (χ2v) is 3.90. The van der Waals surface area contributed by atoms with Gasteiger partial charge >= 0.3 is 0 Å². The highest BCUT2D eigenvalue weighted by Gasteiger charge is 2.22. The summed E-state index contributed by atoms with van der Waals surface area (Å²) < 4.78 is 37.2. The summed E-state index contributed by atoms with van der Waals surface area (Å²) in [5.74, 6) is -1.11. The molecule has 1 unspecified atom stereocenters. The molecule has 3 nitrogen and oxygen atoms in total. The molecule has 1 aromatic heterocycles. The van der Waals surface area contributed by atoms with Gasteiger partial charge in [-0.25, -0.2) is 8.78 Å². The van der Waals surface area contributed by atoms with E-state index in [1.54, 1.807) is 6.92 Å². The molecule has 0 amide bonds. The predicted molar refractivity (Wildman–Crippen MR) is 60.4 cm³/mol. The fourth-order valence-electron chi connectivity index (χ4n) is 1.71. The molecule has 0 saturated heterocycles. The minimum absolute atomic E-state index is 0.0596. The zero-order valence-corrected chi connectivity index (χ0v) is 9.91. The average molecular weight is 254 g/mol. The van der Waals surface area contributed by atoms with Crippen molar-refractivity contribution in [2.75, 3.05) is 7.11 Å². The molecule has 0 saturated carbocycles. The van der Waals surface area contributed by atoms with Gasteiger partial charge in [0.2, 0.25) is 0 Å². The zero-order chi connectivity index (χ0) is 13.3. The average Bonchev–Trinajstić information content (AvgIpc) is 2.74. The number of rotatable bonds is 3. The Morgan fingerprint density at radius 2 is 1.83 bits per heavy atom. The SMILES string of the molecule is COc1cc(F)c(C(O)c2coc(C)c2)c(F)c1. The van der Waals surface area contributed by atoms with Crippen molar-refractivity contribution in [3.8, 4) is 5.75 Å². The number of benzene rings is 1. The van der Waals surface area contributed by atoms with Crippen LogP contribution in [0, 0.1) is 18.6 Å². The minimum atomic E-state index is -1.41. The first-order chi connectivity index (χ1) is 8.52. The van der Waals surface area contributed by atoms with Crippen LogP contribution in [0.5, 0.6) is 5.75 Å². The van der Waals surface area contributed by atoms with Gasteiger partial charge in [0.1, 0.15) is 29.2 Å². The summed E-state index contributed by atoms with van der Waals surface area (Å²) in [4.78, 5) is 0. The lowest BCUT2D eigenvalue weighted by molar-refractivity contribution is 0.207. The molecule has 96 valence electrons. The fourth-order valence-corrected chi connectivity index (χ4v) is 1.71. The van der Waals surface area contributed by atoms with E-state index in [4.69, 9.17) is 9.15 Å². The molecule has 0 aliphatic heterocycles. The molecule has 1 N–H and O–H groups in total. The number of aryl methyl sites for hydroxylation is 1. The van der Waals surface area contributed by atoms with Crippen LogP contribution in [0.4, 0.5) is 8.78 Å². The first-order valence-corrected chi connectivity index (χ1v) is 5.29. The van der Waals surface area contributed by atoms with E-state index in [0.717, 1.165) is 12.1 Å². The van der Waals surface area contributed by atoms with Crippen molar-refractivity contribution in [3.05, 3.63) is 53.0 Å². The van der Waals surface area contributed by atoms with Crippen molar-refractivity contribution in [3.63, 3.8) is 0 Å². The van der Waals surface area contributed by atoms with E-state index in [-0.39, 0.29) is 5.75 Å². The molecule has 0 bridgehead atoms. The standard InChI is InChI=1S/C13H12F2O3/c1-7-3-8(6-18-7)13(16)12-10(14)4-9(17-2)5-11(12)15/h3-6,13,16H,1-2H3. The van der Waals surface area contributed by atoms with Crippen molar-refractivity contribution < 1.29 is 23.0 Å². The Bertz CT molecular complexity index is 540. The number of aliphatic hydroxyl groups excluding tert-OH is 1. The predicted octanol–water partition coefficient (Wildman–Crippen LogP) is 2.96. The van der Waals surface area contributed by atoms with E-state index in [1.807, 2.05) is 0 Å². The molecule has 0 fully saturated rings. The molecule has 5 heteroatoms. The normalized spacial score (nSPS) is 12.5. The van der Waals surface area contributed by atoms with E-state index in [0.29, 0.717) is 11.3 Å². The molecular weight excluding hydrogens is 242 g/mol. The molecule has 1 heterocycles. The molecule has 0 spiro atoms.